The molecule has 0 aromatic carbocycles. The van der Waals surface area contributed by atoms with E-state index in [-0.39, 0.29) is 5.04 Å². The van der Waals surface area contributed by atoms with Gasteiger partial charge >= 0.3 is 0 Å². The van der Waals surface area contributed by atoms with E-state index >= 15 is 0 Å². The zero-order valence-electron chi connectivity index (χ0n) is 10.9. The van der Waals surface area contributed by atoms with E-state index in [1.54, 1.807) is 10.9 Å². The molecule has 1 heterocycles. The molecule has 16 heavy (non-hydrogen) atoms. The molecule has 0 saturated heterocycles. The quantitative estimate of drug-likeness (QED) is 0.751. The minimum atomic E-state index is -1.65. The van der Waals surface area contributed by atoms with Crippen LogP contribution in [0.2, 0.25) is 18.1 Å². The Kier molecular flexibility index (Phi) is 3.75. The summed E-state index contributed by atoms with van der Waals surface area (Å²) in [6.45, 7) is 15.5. The largest absolute Gasteiger partial charge is 0.412 e. The maximum absolute atomic E-state index is 6.09. The highest BCUT2D eigenvalue weighted by Gasteiger charge is 2.37. The fourth-order valence-corrected chi connectivity index (χ4v) is 1.99. The molecule has 3 nitrogen and oxygen atoms in total. The summed E-state index contributed by atoms with van der Waals surface area (Å²) in [6, 6.07) is 0. The van der Waals surface area contributed by atoms with Crippen molar-refractivity contribution >= 4 is 14.5 Å². The Morgan fingerprint density at radius 3 is 2.56 bits per heavy atom. The van der Waals surface area contributed by atoms with Crippen LogP contribution in [0.4, 0.5) is 0 Å². The molecule has 1 rings (SSSR count). The third-order valence-corrected chi connectivity index (χ3v) is 7.73. The van der Waals surface area contributed by atoms with Gasteiger partial charge in [0.1, 0.15) is 0 Å². The van der Waals surface area contributed by atoms with E-state index in [4.69, 9.17) is 4.43 Å². The summed E-state index contributed by atoms with van der Waals surface area (Å²) in [5.41, 5.74) is 1.10. The molecule has 0 unspecified atom stereocenters. The van der Waals surface area contributed by atoms with Gasteiger partial charge in [-0.2, -0.15) is 5.10 Å². The number of nitrogens with zero attached hydrogens (tertiary/aromatic N) is 2. The maximum atomic E-state index is 6.09. The van der Waals surface area contributed by atoms with Crippen LogP contribution < -0.4 is 0 Å². The maximum Gasteiger partial charge on any atom is 0.192 e. The molecule has 1 aromatic rings. The Morgan fingerprint density at radius 1 is 1.50 bits per heavy atom. The van der Waals surface area contributed by atoms with Gasteiger partial charge in [-0.25, -0.2) is 4.68 Å². The van der Waals surface area contributed by atoms with Gasteiger partial charge in [0.2, 0.25) is 0 Å². The first kappa shape index (κ1) is 13.2. The Morgan fingerprint density at radius 2 is 2.12 bits per heavy atom. The van der Waals surface area contributed by atoms with E-state index in [9.17, 15) is 0 Å². The van der Waals surface area contributed by atoms with Crippen LogP contribution >= 0.6 is 0 Å². The van der Waals surface area contributed by atoms with Crippen molar-refractivity contribution in [1.82, 2.24) is 9.78 Å². The van der Waals surface area contributed by atoms with Crippen LogP contribution in [0.5, 0.6) is 0 Å². The number of rotatable bonds is 4. The van der Waals surface area contributed by atoms with Crippen molar-refractivity contribution in [1.29, 1.82) is 0 Å². The topological polar surface area (TPSA) is 27.1 Å². The van der Waals surface area contributed by atoms with E-state index in [0.717, 1.165) is 5.56 Å². The van der Waals surface area contributed by atoms with E-state index in [1.165, 1.54) is 0 Å². The van der Waals surface area contributed by atoms with Crippen LogP contribution in [0.1, 0.15) is 26.3 Å². The Balaban J connectivity index is 2.61. The van der Waals surface area contributed by atoms with Gasteiger partial charge in [-0.05, 0) is 18.1 Å². The highest BCUT2D eigenvalue weighted by Crippen LogP contribution is 2.36. The minimum absolute atomic E-state index is 0.251. The molecule has 0 saturated carbocycles. The molecule has 90 valence electrons. The second kappa shape index (κ2) is 4.55. The second-order valence-electron chi connectivity index (χ2n) is 5.56. The van der Waals surface area contributed by atoms with Gasteiger partial charge in [0.25, 0.3) is 0 Å². The first-order valence-corrected chi connectivity index (χ1v) is 8.46. The van der Waals surface area contributed by atoms with Crippen LogP contribution in [0.3, 0.4) is 0 Å². The van der Waals surface area contributed by atoms with Crippen molar-refractivity contribution in [2.45, 2.75) is 45.5 Å². The van der Waals surface area contributed by atoms with Crippen molar-refractivity contribution in [3.8, 4) is 0 Å². The average Bonchev–Trinajstić information content (AvgIpc) is 2.60. The summed E-state index contributed by atoms with van der Waals surface area (Å²) >= 11 is 0. The molecule has 1 aromatic heterocycles. The molecular weight excluding hydrogens is 216 g/mol. The summed E-state index contributed by atoms with van der Waals surface area (Å²) in [6.07, 6.45) is 5.45. The smallest absolute Gasteiger partial charge is 0.192 e. The predicted octanol–water partition coefficient (Wildman–Crippen LogP) is 3.51. The van der Waals surface area contributed by atoms with Crippen molar-refractivity contribution in [3.63, 3.8) is 0 Å². The van der Waals surface area contributed by atoms with Gasteiger partial charge in [0.15, 0.2) is 8.32 Å². The van der Waals surface area contributed by atoms with Crippen molar-refractivity contribution in [2.24, 2.45) is 0 Å². The first-order valence-electron chi connectivity index (χ1n) is 5.56. The second-order valence-corrected chi connectivity index (χ2v) is 10.4. The lowest BCUT2D eigenvalue weighted by Gasteiger charge is -2.36. The molecule has 0 aliphatic rings. The fourth-order valence-electron chi connectivity index (χ4n) is 1.03. The summed E-state index contributed by atoms with van der Waals surface area (Å²) in [4.78, 5) is 0. The normalized spacial score (nSPS) is 12.8. The van der Waals surface area contributed by atoms with Crippen LogP contribution in [0, 0.1) is 0 Å². The molecule has 0 bridgehead atoms. The summed E-state index contributed by atoms with van der Waals surface area (Å²) in [7, 11) is -1.65. The molecule has 0 spiro atoms. The first-order chi connectivity index (χ1) is 7.26. The molecule has 0 fully saturated rings. The molecule has 0 amide bonds. The minimum Gasteiger partial charge on any atom is -0.412 e. The van der Waals surface area contributed by atoms with Crippen molar-refractivity contribution in [3.05, 3.63) is 24.5 Å². The zero-order chi connectivity index (χ0) is 12.4. The van der Waals surface area contributed by atoms with Crippen molar-refractivity contribution < 1.29 is 4.43 Å². The highest BCUT2D eigenvalue weighted by atomic mass is 28.4. The average molecular weight is 238 g/mol. The Bertz CT molecular complexity index is 363. The number of aromatic nitrogens is 2. The summed E-state index contributed by atoms with van der Waals surface area (Å²) in [5.74, 6) is 0. The lowest BCUT2D eigenvalue weighted by Crippen LogP contribution is -2.40. The third kappa shape index (κ3) is 3.06. The lowest BCUT2D eigenvalue weighted by atomic mass is 10.2. The summed E-state index contributed by atoms with van der Waals surface area (Å²) < 4.78 is 7.79. The predicted molar refractivity (Wildman–Crippen MR) is 70.6 cm³/mol. The van der Waals surface area contributed by atoms with Crippen LogP contribution in [-0.4, -0.2) is 18.1 Å². The molecule has 4 heteroatoms. The monoisotopic (exact) mass is 238 g/mol. The molecule has 0 aliphatic carbocycles. The molecule has 0 atom stereocenters. The van der Waals surface area contributed by atoms with Gasteiger partial charge in [0, 0.05) is 18.0 Å². The van der Waals surface area contributed by atoms with Crippen LogP contribution in [-0.2, 0) is 11.0 Å². The number of hydrogen-bond donors (Lipinski definition) is 0. The lowest BCUT2D eigenvalue weighted by molar-refractivity contribution is 0.276. The van der Waals surface area contributed by atoms with E-state index in [1.807, 2.05) is 12.4 Å². The molecule has 0 radical (unpaired) electrons. The van der Waals surface area contributed by atoms with Gasteiger partial charge in [-0.15, -0.1) is 0 Å². The highest BCUT2D eigenvalue weighted by molar-refractivity contribution is 6.74. The van der Waals surface area contributed by atoms with E-state index < -0.39 is 8.32 Å². The van der Waals surface area contributed by atoms with Gasteiger partial charge in [0.05, 0.1) is 12.8 Å². The molecule has 0 N–H and O–H groups in total. The zero-order valence-corrected chi connectivity index (χ0v) is 11.9. The van der Waals surface area contributed by atoms with Crippen molar-refractivity contribution in [2.75, 3.05) is 0 Å². The molecular formula is C12H22N2OSi. The third-order valence-electron chi connectivity index (χ3n) is 3.25. The van der Waals surface area contributed by atoms with Crippen LogP contribution in [0.25, 0.3) is 6.20 Å². The van der Waals surface area contributed by atoms with Gasteiger partial charge in [-0.1, -0.05) is 27.4 Å². The summed E-state index contributed by atoms with van der Waals surface area (Å²) in [5, 5.41) is 4.38. The Labute approximate surface area is 99.3 Å². The SMILES string of the molecule is C=Cn1cc(CO[Si](C)(C)C(C)(C)C)cn1. The van der Waals surface area contributed by atoms with Crippen LogP contribution in [0.15, 0.2) is 19.0 Å². The molecule has 0 aliphatic heterocycles. The standard InChI is InChI=1S/C12H22N2OSi/c1-7-14-9-11(8-13-14)10-15-16(5,6)12(2,3)4/h7-9H,1,10H2,2-6H3. The van der Waals surface area contributed by atoms with Gasteiger partial charge < -0.3 is 4.43 Å². The number of hydrogen-bond acceptors (Lipinski definition) is 2. The Hall–Kier alpha value is -0.873. The van der Waals surface area contributed by atoms with E-state index in [2.05, 4.69) is 45.5 Å². The fraction of sp³-hybridized carbons (Fsp3) is 0.583. The van der Waals surface area contributed by atoms with Gasteiger partial charge in [-0.3, -0.25) is 0 Å². The van der Waals surface area contributed by atoms with E-state index in [0.29, 0.717) is 6.61 Å².